The van der Waals surface area contributed by atoms with E-state index in [1.165, 1.54) is 57.8 Å². The Bertz CT molecular complexity index is 700. The molecule has 0 spiro atoms. The summed E-state index contributed by atoms with van der Waals surface area (Å²) in [4.78, 5) is 47.2. The van der Waals surface area contributed by atoms with Gasteiger partial charge in [0.2, 0.25) is 5.91 Å². The quantitative estimate of drug-likeness (QED) is 0.0441. The van der Waals surface area contributed by atoms with Crippen molar-refractivity contribution in [3.05, 3.63) is 0 Å². The summed E-state index contributed by atoms with van der Waals surface area (Å²) < 4.78 is 7.59. The molecule has 0 aliphatic heterocycles. The van der Waals surface area contributed by atoms with E-state index >= 15 is 0 Å². The van der Waals surface area contributed by atoms with Crippen LogP contribution in [0.5, 0.6) is 0 Å². The van der Waals surface area contributed by atoms with Crippen molar-refractivity contribution in [2.45, 2.75) is 134 Å². The van der Waals surface area contributed by atoms with Crippen molar-refractivity contribution in [1.82, 2.24) is 10.0 Å². The predicted molar refractivity (Wildman–Crippen MR) is 159 cm³/mol. The van der Waals surface area contributed by atoms with Crippen molar-refractivity contribution in [2.24, 2.45) is 11.5 Å². The van der Waals surface area contributed by atoms with Crippen LogP contribution < -0.4 is 21.5 Å². The summed E-state index contributed by atoms with van der Waals surface area (Å²) in [7, 11) is 0. The largest absolute Gasteiger partial charge is 0.480 e. The lowest BCUT2D eigenvalue weighted by Crippen LogP contribution is -2.45. The Morgan fingerprint density at radius 2 is 1.30 bits per heavy atom. The fourth-order valence-corrected chi connectivity index (χ4v) is 4.89. The molecule has 0 bridgehead atoms. The second-order valence-electron chi connectivity index (χ2n) is 10.3. The van der Waals surface area contributed by atoms with E-state index in [0.717, 1.165) is 37.6 Å². The van der Waals surface area contributed by atoms with E-state index in [1.807, 2.05) is 0 Å². The maximum absolute atomic E-state index is 12.2. The van der Waals surface area contributed by atoms with Crippen LogP contribution in [0.15, 0.2) is 0 Å². The van der Waals surface area contributed by atoms with Crippen LogP contribution in [-0.2, 0) is 23.9 Å². The van der Waals surface area contributed by atoms with Gasteiger partial charge in [0.25, 0.3) is 0 Å². The van der Waals surface area contributed by atoms with Gasteiger partial charge < -0.3 is 31.7 Å². The topological polar surface area (TPSA) is 194 Å². The molecule has 0 saturated heterocycles. The number of carbonyl (C=O) groups is 4. The van der Waals surface area contributed by atoms with Gasteiger partial charge in [-0.25, -0.2) is 9.52 Å². The molecule has 0 saturated carbocycles. The molecule has 40 heavy (non-hydrogen) atoms. The lowest BCUT2D eigenvalue weighted by molar-refractivity contribution is -0.149. The zero-order valence-corrected chi connectivity index (χ0v) is 25.2. The Morgan fingerprint density at radius 3 is 1.80 bits per heavy atom. The van der Waals surface area contributed by atoms with Gasteiger partial charge in [0.15, 0.2) is 0 Å². The molecule has 0 fully saturated rings. The lowest BCUT2D eigenvalue weighted by Gasteiger charge is -2.18. The summed E-state index contributed by atoms with van der Waals surface area (Å²) in [5, 5.41) is 21.3. The second kappa shape index (κ2) is 26.0. The van der Waals surface area contributed by atoms with E-state index in [9.17, 15) is 29.4 Å². The Labute approximate surface area is 244 Å². The summed E-state index contributed by atoms with van der Waals surface area (Å²) >= 11 is 0.830. The average Bonchev–Trinajstić information content (AvgIpc) is 2.91. The van der Waals surface area contributed by atoms with Crippen LogP contribution in [-0.4, -0.2) is 71.1 Å². The molecular formula is C28H54N4O7S. The smallest absolute Gasteiger partial charge is 0.327 e. The first-order valence-electron chi connectivity index (χ1n) is 15.0. The number of hydrogen-bond acceptors (Lipinski definition) is 9. The van der Waals surface area contributed by atoms with Gasteiger partial charge in [-0.15, -0.1) is 0 Å². The van der Waals surface area contributed by atoms with Gasteiger partial charge in [0, 0.05) is 12.2 Å². The van der Waals surface area contributed by atoms with Crippen molar-refractivity contribution in [3.8, 4) is 0 Å². The average molecular weight is 591 g/mol. The Balaban J connectivity index is 4.10. The van der Waals surface area contributed by atoms with Gasteiger partial charge in [-0.2, -0.15) is 0 Å². The number of carboxylic acids is 2. The monoisotopic (exact) mass is 590 g/mol. The minimum absolute atomic E-state index is 0.101. The molecule has 0 aromatic carbocycles. The second-order valence-corrected chi connectivity index (χ2v) is 11.1. The van der Waals surface area contributed by atoms with Crippen LogP contribution in [0.3, 0.4) is 0 Å². The third kappa shape index (κ3) is 21.9. The van der Waals surface area contributed by atoms with Gasteiger partial charge in [-0.3, -0.25) is 14.4 Å². The highest BCUT2D eigenvalue weighted by atomic mass is 32.2. The van der Waals surface area contributed by atoms with Gasteiger partial charge in [-0.05, 0) is 25.8 Å². The third-order valence-electron chi connectivity index (χ3n) is 6.58. The highest BCUT2D eigenvalue weighted by Crippen LogP contribution is 2.13. The molecule has 0 aromatic heterocycles. The maximum atomic E-state index is 12.2. The zero-order valence-electron chi connectivity index (χ0n) is 24.4. The van der Waals surface area contributed by atoms with E-state index in [0.29, 0.717) is 25.8 Å². The van der Waals surface area contributed by atoms with Crippen LogP contribution in [0, 0.1) is 0 Å². The van der Waals surface area contributed by atoms with Gasteiger partial charge in [0.05, 0.1) is 0 Å². The number of amides is 1. The molecule has 0 aliphatic rings. The highest BCUT2D eigenvalue weighted by Gasteiger charge is 2.24. The minimum Gasteiger partial charge on any atom is -0.480 e. The van der Waals surface area contributed by atoms with Gasteiger partial charge >= 0.3 is 17.9 Å². The van der Waals surface area contributed by atoms with Crippen molar-refractivity contribution >= 4 is 35.8 Å². The number of carbonyl (C=O) groups excluding carboxylic acids is 2. The number of nitrogens with two attached hydrogens (primary N) is 2. The van der Waals surface area contributed by atoms with Crippen molar-refractivity contribution in [3.63, 3.8) is 0 Å². The normalized spacial score (nSPS) is 13.4. The first-order valence-corrected chi connectivity index (χ1v) is 16.0. The van der Waals surface area contributed by atoms with Crippen molar-refractivity contribution in [1.29, 1.82) is 0 Å². The van der Waals surface area contributed by atoms with Crippen LogP contribution in [0.2, 0.25) is 0 Å². The van der Waals surface area contributed by atoms with Gasteiger partial charge in [-0.1, -0.05) is 102 Å². The SMILES string of the molecule is CCCCCCCCCCCCCCCC(=O)NC(CSN[C@@H](COC(=O)[C@@H](N)CCCCN)C(=O)O)C(=O)O. The number of rotatable bonds is 28. The summed E-state index contributed by atoms with van der Waals surface area (Å²) in [6, 6.07) is -3.31. The maximum Gasteiger partial charge on any atom is 0.327 e. The number of carboxylic acid groups (broad SMARTS) is 2. The van der Waals surface area contributed by atoms with Crippen LogP contribution in [0.4, 0.5) is 0 Å². The molecule has 0 heterocycles. The zero-order chi connectivity index (χ0) is 30.0. The molecule has 3 atom stereocenters. The molecule has 0 rings (SSSR count). The molecule has 8 N–H and O–H groups in total. The number of nitrogens with one attached hydrogen (secondary N) is 2. The van der Waals surface area contributed by atoms with E-state index in [2.05, 4.69) is 17.0 Å². The molecule has 1 unspecified atom stereocenters. The van der Waals surface area contributed by atoms with E-state index in [-0.39, 0.29) is 18.1 Å². The van der Waals surface area contributed by atoms with E-state index < -0.39 is 42.6 Å². The first kappa shape index (κ1) is 38.1. The van der Waals surface area contributed by atoms with Crippen molar-refractivity contribution < 1.29 is 34.1 Å². The van der Waals surface area contributed by atoms with E-state index in [4.69, 9.17) is 16.2 Å². The summed E-state index contributed by atoms with van der Waals surface area (Å²) in [6.45, 7) is 2.25. The molecule has 12 heteroatoms. The fraction of sp³-hybridized carbons (Fsp3) is 0.857. The molecule has 0 aromatic rings. The number of aliphatic carboxylic acids is 2. The predicted octanol–water partition coefficient (Wildman–Crippen LogP) is 3.73. The minimum atomic E-state index is -1.27. The Kier molecular flexibility index (Phi) is 24.8. The molecule has 1 amide bonds. The lowest BCUT2D eigenvalue weighted by atomic mass is 10.0. The fourth-order valence-electron chi connectivity index (χ4n) is 4.03. The molecule has 234 valence electrons. The van der Waals surface area contributed by atoms with E-state index in [1.54, 1.807) is 0 Å². The first-order chi connectivity index (χ1) is 19.2. The molecule has 0 radical (unpaired) electrons. The van der Waals surface area contributed by atoms with Gasteiger partial charge in [0.1, 0.15) is 24.7 Å². The Morgan fingerprint density at radius 1 is 0.775 bits per heavy atom. The van der Waals surface area contributed by atoms with Crippen LogP contribution in [0.1, 0.15) is 116 Å². The molecule has 0 aliphatic carbocycles. The Hall–Kier alpha value is -1.89. The summed E-state index contributed by atoms with van der Waals surface area (Å²) in [5.74, 6) is -3.64. The molecule has 11 nitrogen and oxygen atoms in total. The third-order valence-corrected chi connectivity index (χ3v) is 7.53. The molecular weight excluding hydrogens is 536 g/mol. The van der Waals surface area contributed by atoms with Crippen molar-refractivity contribution in [2.75, 3.05) is 18.9 Å². The number of esters is 1. The highest BCUT2D eigenvalue weighted by molar-refractivity contribution is 7.97. The standard InChI is InChI=1S/C28H54N4O7S/c1-2-3-4-5-6-7-8-9-10-11-12-13-14-18-25(33)31-24(27(36)37)21-40-32-23(26(34)35)20-39-28(38)22(30)17-15-16-19-29/h22-24,32H,2-21,29-30H2,1H3,(H,31,33)(H,34,35)(H,36,37)/t22-,23-,24?/m0/s1. The number of hydrogen-bond donors (Lipinski definition) is 6. The number of ether oxygens (including phenoxy) is 1. The summed E-state index contributed by atoms with van der Waals surface area (Å²) in [6.07, 6.45) is 17.6. The van der Waals surface area contributed by atoms with Crippen LogP contribution >= 0.6 is 11.9 Å². The summed E-state index contributed by atoms with van der Waals surface area (Å²) in [5.41, 5.74) is 11.1. The van der Waals surface area contributed by atoms with Crippen LogP contribution in [0.25, 0.3) is 0 Å². The number of unbranched alkanes of at least 4 members (excludes halogenated alkanes) is 13.